The van der Waals surface area contributed by atoms with Crippen molar-refractivity contribution in [2.45, 2.75) is 51.6 Å². The predicted octanol–water partition coefficient (Wildman–Crippen LogP) is 7.83. The summed E-state index contributed by atoms with van der Waals surface area (Å²) in [6.45, 7) is 2.84. The number of rotatable bonds is 8. The van der Waals surface area contributed by atoms with Crippen molar-refractivity contribution < 1.29 is 9.47 Å². The monoisotopic (exact) mass is 637 g/mol. The van der Waals surface area contributed by atoms with E-state index in [1.54, 1.807) is 6.21 Å². The van der Waals surface area contributed by atoms with Crippen molar-refractivity contribution in [3.63, 3.8) is 0 Å². The number of aromatic nitrogens is 2. The molecule has 0 radical (unpaired) electrons. The van der Waals surface area contributed by atoms with Crippen LogP contribution in [-0.4, -0.2) is 22.5 Å². The molecule has 6 nitrogen and oxygen atoms in total. The molecule has 1 aliphatic rings. The van der Waals surface area contributed by atoms with Crippen LogP contribution >= 0.6 is 31.9 Å². The Morgan fingerprint density at radius 1 is 1.00 bits per heavy atom. The summed E-state index contributed by atoms with van der Waals surface area (Å²) in [5.74, 6) is 2.20. The SMILES string of the molecule is CCOc1cc(C=Nn2c(C3CCCCC3)nc3ccccc3c2=O)c(Br)cc1OCc1ccc(Br)cc1. The van der Waals surface area contributed by atoms with Crippen LogP contribution < -0.4 is 15.0 Å². The molecule has 1 aliphatic carbocycles. The van der Waals surface area contributed by atoms with Gasteiger partial charge in [-0.1, -0.05) is 59.5 Å². The molecule has 5 rings (SSSR count). The van der Waals surface area contributed by atoms with Crippen molar-refractivity contribution in [2.75, 3.05) is 6.61 Å². The largest absolute Gasteiger partial charge is 0.490 e. The summed E-state index contributed by atoms with van der Waals surface area (Å²) in [7, 11) is 0. The maximum absolute atomic E-state index is 13.5. The molecule has 0 saturated heterocycles. The van der Waals surface area contributed by atoms with Crippen LogP contribution in [0, 0.1) is 0 Å². The molecule has 196 valence electrons. The number of nitrogens with zero attached hydrogens (tertiary/aromatic N) is 3. The Morgan fingerprint density at radius 3 is 2.50 bits per heavy atom. The second-order valence-corrected chi connectivity index (χ2v) is 11.1. The molecular formula is C30H29Br2N3O3. The van der Waals surface area contributed by atoms with Gasteiger partial charge in [0.25, 0.3) is 5.56 Å². The van der Waals surface area contributed by atoms with E-state index in [-0.39, 0.29) is 11.5 Å². The van der Waals surface area contributed by atoms with E-state index in [9.17, 15) is 4.79 Å². The van der Waals surface area contributed by atoms with E-state index < -0.39 is 0 Å². The summed E-state index contributed by atoms with van der Waals surface area (Å²) in [5, 5.41) is 5.25. The summed E-state index contributed by atoms with van der Waals surface area (Å²) in [4.78, 5) is 18.4. The molecule has 1 heterocycles. The first-order valence-electron chi connectivity index (χ1n) is 12.9. The van der Waals surface area contributed by atoms with E-state index in [4.69, 9.17) is 14.5 Å². The Labute approximate surface area is 239 Å². The quantitative estimate of drug-likeness (QED) is 0.185. The number of benzene rings is 3. The topological polar surface area (TPSA) is 65.7 Å². The molecule has 0 N–H and O–H groups in total. The second-order valence-electron chi connectivity index (χ2n) is 9.35. The average Bonchev–Trinajstić information content (AvgIpc) is 2.94. The van der Waals surface area contributed by atoms with Crippen LogP contribution in [0.2, 0.25) is 0 Å². The smallest absolute Gasteiger partial charge is 0.282 e. The highest BCUT2D eigenvalue weighted by Gasteiger charge is 2.22. The van der Waals surface area contributed by atoms with Gasteiger partial charge in [-0.05, 0) is 77.7 Å². The van der Waals surface area contributed by atoms with Crippen molar-refractivity contribution >= 4 is 49.0 Å². The number of hydrogen-bond acceptors (Lipinski definition) is 5. The van der Waals surface area contributed by atoms with Crippen LogP contribution in [-0.2, 0) is 6.61 Å². The van der Waals surface area contributed by atoms with Crippen molar-refractivity contribution in [1.29, 1.82) is 0 Å². The summed E-state index contributed by atoms with van der Waals surface area (Å²) < 4.78 is 15.3. The maximum atomic E-state index is 13.5. The Kier molecular flexibility index (Phi) is 8.59. The van der Waals surface area contributed by atoms with E-state index in [1.807, 2.05) is 67.6 Å². The van der Waals surface area contributed by atoms with Crippen LogP contribution in [0.3, 0.4) is 0 Å². The summed E-state index contributed by atoms with van der Waals surface area (Å²) in [5.41, 5.74) is 2.40. The van der Waals surface area contributed by atoms with Gasteiger partial charge in [0.2, 0.25) is 0 Å². The van der Waals surface area contributed by atoms with Crippen molar-refractivity contribution in [3.05, 3.63) is 96.9 Å². The normalized spacial score (nSPS) is 14.3. The number of fused-ring (bicyclic) bond motifs is 1. The van der Waals surface area contributed by atoms with Gasteiger partial charge in [-0.25, -0.2) is 4.98 Å². The van der Waals surface area contributed by atoms with E-state index in [2.05, 4.69) is 37.0 Å². The first-order valence-corrected chi connectivity index (χ1v) is 14.5. The Bertz CT molecular complexity index is 1510. The van der Waals surface area contributed by atoms with Gasteiger partial charge in [0.1, 0.15) is 12.4 Å². The van der Waals surface area contributed by atoms with Gasteiger partial charge < -0.3 is 9.47 Å². The lowest BCUT2D eigenvalue weighted by atomic mass is 9.88. The average molecular weight is 639 g/mol. The van der Waals surface area contributed by atoms with E-state index in [0.29, 0.717) is 30.1 Å². The number of halogens is 2. The lowest BCUT2D eigenvalue weighted by molar-refractivity contribution is 0.269. The summed E-state index contributed by atoms with van der Waals surface area (Å²) in [6.07, 6.45) is 7.23. The maximum Gasteiger partial charge on any atom is 0.282 e. The highest BCUT2D eigenvalue weighted by molar-refractivity contribution is 9.10. The Morgan fingerprint density at radius 2 is 1.74 bits per heavy atom. The first kappa shape index (κ1) is 26.6. The molecule has 0 amide bonds. The molecule has 0 bridgehead atoms. The molecule has 0 spiro atoms. The van der Waals surface area contributed by atoms with Crippen molar-refractivity contribution in [2.24, 2.45) is 5.10 Å². The zero-order valence-electron chi connectivity index (χ0n) is 21.2. The van der Waals surface area contributed by atoms with E-state index in [1.165, 1.54) is 11.1 Å². The molecule has 8 heteroatoms. The fourth-order valence-corrected chi connectivity index (χ4v) is 5.46. The second kappa shape index (κ2) is 12.3. The minimum Gasteiger partial charge on any atom is -0.490 e. The lowest BCUT2D eigenvalue weighted by Gasteiger charge is -2.22. The summed E-state index contributed by atoms with van der Waals surface area (Å²) in [6, 6.07) is 19.3. The number of ether oxygens (including phenoxy) is 2. The highest BCUT2D eigenvalue weighted by atomic mass is 79.9. The molecule has 1 aromatic heterocycles. The fourth-order valence-electron chi connectivity index (χ4n) is 4.77. The minimum absolute atomic E-state index is 0.150. The van der Waals surface area contributed by atoms with Gasteiger partial charge in [0, 0.05) is 20.4 Å². The molecular weight excluding hydrogens is 610 g/mol. The Hall–Kier alpha value is -2.97. The third-order valence-electron chi connectivity index (χ3n) is 6.73. The standard InChI is InChI=1S/C30H29Br2N3O3/c1-2-37-27-16-22(25(32)17-28(27)38-19-20-12-14-23(31)15-13-20)18-33-35-29(21-8-4-3-5-9-21)34-26-11-7-6-10-24(26)30(35)36/h6-7,10-18,21H,2-5,8-9,19H2,1H3. The molecule has 0 aliphatic heterocycles. The first-order chi connectivity index (χ1) is 18.5. The molecule has 38 heavy (non-hydrogen) atoms. The molecule has 0 atom stereocenters. The predicted molar refractivity (Wildman–Crippen MR) is 159 cm³/mol. The highest BCUT2D eigenvalue weighted by Crippen LogP contribution is 2.35. The number of hydrogen-bond donors (Lipinski definition) is 0. The zero-order chi connectivity index (χ0) is 26.5. The molecule has 3 aromatic carbocycles. The van der Waals surface area contributed by atoms with Gasteiger partial charge in [0.15, 0.2) is 11.5 Å². The van der Waals surface area contributed by atoms with Crippen molar-refractivity contribution in [3.8, 4) is 11.5 Å². The van der Waals surface area contributed by atoms with Gasteiger partial charge >= 0.3 is 0 Å². The van der Waals surface area contributed by atoms with Crippen LogP contribution in [0.15, 0.2) is 79.5 Å². The van der Waals surface area contributed by atoms with Crippen LogP contribution in [0.25, 0.3) is 10.9 Å². The molecule has 1 fully saturated rings. The van der Waals surface area contributed by atoms with E-state index >= 15 is 0 Å². The fraction of sp³-hybridized carbons (Fsp3) is 0.300. The zero-order valence-corrected chi connectivity index (χ0v) is 24.4. The van der Waals surface area contributed by atoms with Crippen molar-refractivity contribution in [1.82, 2.24) is 9.66 Å². The minimum atomic E-state index is -0.150. The number of para-hydroxylation sites is 1. The lowest BCUT2D eigenvalue weighted by Crippen LogP contribution is -2.25. The Balaban J connectivity index is 1.49. The third kappa shape index (κ3) is 6.02. The van der Waals surface area contributed by atoms with Gasteiger partial charge in [-0.2, -0.15) is 9.78 Å². The molecule has 1 saturated carbocycles. The van der Waals surface area contributed by atoms with Crippen LogP contribution in [0.4, 0.5) is 0 Å². The molecule has 0 unspecified atom stereocenters. The van der Waals surface area contributed by atoms with Gasteiger partial charge in [0.05, 0.1) is 23.7 Å². The van der Waals surface area contributed by atoms with Gasteiger partial charge in [-0.3, -0.25) is 4.79 Å². The van der Waals surface area contributed by atoms with Gasteiger partial charge in [-0.15, -0.1) is 0 Å². The van der Waals surface area contributed by atoms with Crippen LogP contribution in [0.1, 0.15) is 61.9 Å². The molecule has 4 aromatic rings. The summed E-state index contributed by atoms with van der Waals surface area (Å²) >= 11 is 7.12. The van der Waals surface area contributed by atoms with E-state index in [0.717, 1.165) is 57.1 Å². The third-order valence-corrected chi connectivity index (χ3v) is 7.95. The van der Waals surface area contributed by atoms with Crippen LogP contribution in [0.5, 0.6) is 11.5 Å².